The zero-order chi connectivity index (χ0) is 15.7. The van der Waals surface area contributed by atoms with Gasteiger partial charge in [0.2, 0.25) is 0 Å². The fourth-order valence-electron chi connectivity index (χ4n) is 2.53. The molecule has 0 bridgehead atoms. The average Bonchev–Trinajstić information content (AvgIpc) is 2.87. The molecule has 3 aromatic rings. The van der Waals surface area contributed by atoms with E-state index in [1.807, 2.05) is 53.1 Å². The first kappa shape index (κ1) is 17.3. The molecule has 0 aliphatic heterocycles. The highest BCUT2D eigenvalue weighted by Gasteiger charge is 2.23. The summed E-state index contributed by atoms with van der Waals surface area (Å²) in [6, 6.07) is 15.3. The number of ether oxygens (including phenoxy) is 1. The molecule has 120 valence electrons. The van der Waals surface area contributed by atoms with Crippen molar-refractivity contribution in [3.63, 3.8) is 0 Å². The lowest BCUT2D eigenvalue weighted by atomic mass is 10.2. The minimum absolute atomic E-state index is 0. The van der Waals surface area contributed by atoms with Crippen LogP contribution in [-0.4, -0.2) is 17.6 Å². The van der Waals surface area contributed by atoms with Crippen molar-refractivity contribution in [2.75, 3.05) is 7.11 Å². The molecule has 0 spiro atoms. The summed E-state index contributed by atoms with van der Waals surface area (Å²) >= 11 is 6.40. The number of nitrogens with zero attached hydrogens (tertiary/aromatic N) is 1. The minimum Gasteiger partial charge on any atom is -0.464 e. The first-order chi connectivity index (χ1) is 10.7. The SMILES string of the molecule is COC(=O)c1c(Cl)c2ccccc2n1-c1ccc(CN)cc1.Cl. The Kier molecular flexibility index (Phi) is 5.31. The number of hydrogen-bond acceptors (Lipinski definition) is 3. The van der Waals surface area contributed by atoms with Gasteiger partial charge in [0, 0.05) is 17.6 Å². The highest BCUT2D eigenvalue weighted by Crippen LogP contribution is 2.33. The topological polar surface area (TPSA) is 57.2 Å². The van der Waals surface area contributed by atoms with Crippen LogP contribution in [-0.2, 0) is 11.3 Å². The van der Waals surface area contributed by atoms with Crippen molar-refractivity contribution in [2.45, 2.75) is 6.54 Å². The molecule has 0 amide bonds. The van der Waals surface area contributed by atoms with Crippen molar-refractivity contribution in [1.29, 1.82) is 0 Å². The van der Waals surface area contributed by atoms with E-state index < -0.39 is 5.97 Å². The van der Waals surface area contributed by atoms with Gasteiger partial charge in [0.1, 0.15) is 0 Å². The molecule has 1 aromatic heterocycles. The van der Waals surface area contributed by atoms with Crippen LogP contribution in [0.5, 0.6) is 0 Å². The van der Waals surface area contributed by atoms with Crippen molar-refractivity contribution >= 4 is 40.9 Å². The number of carbonyl (C=O) groups excluding carboxylic acids is 1. The number of esters is 1. The first-order valence-electron chi connectivity index (χ1n) is 6.84. The van der Waals surface area contributed by atoms with Gasteiger partial charge in [-0.3, -0.25) is 0 Å². The number of nitrogens with two attached hydrogens (primary N) is 1. The van der Waals surface area contributed by atoms with E-state index in [4.69, 9.17) is 22.1 Å². The van der Waals surface area contributed by atoms with Crippen LogP contribution in [0.2, 0.25) is 5.02 Å². The molecule has 0 atom stereocenters. The lowest BCUT2D eigenvalue weighted by molar-refractivity contribution is 0.0592. The van der Waals surface area contributed by atoms with E-state index in [-0.39, 0.29) is 12.4 Å². The van der Waals surface area contributed by atoms with Crippen LogP contribution in [0.4, 0.5) is 0 Å². The standard InChI is InChI=1S/C17H15ClN2O2.ClH/c1-22-17(21)16-15(18)13-4-2-3-5-14(13)20(16)12-8-6-11(10-19)7-9-12;/h2-9H,10,19H2,1H3;1H. The molecule has 3 rings (SSSR count). The Balaban J connectivity index is 0.00000192. The summed E-state index contributed by atoms with van der Waals surface area (Å²) in [4.78, 5) is 12.2. The molecular formula is C17H16Cl2N2O2. The molecule has 23 heavy (non-hydrogen) atoms. The van der Waals surface area contributed by atoms with Gasteiger partial charge < -0.3 is 15.0 Å². The smallest absolute Gasteiger partial charge is 0.356 e. The number of para-hydroxylation sites is 1. The number of benzene rings is 2. The second-order valence-electron chi connectivity index (χ2n) is 4.88. The Hall–Kier alpha value is -2.01. The number of fused-ring (bicyclic) bond motifs is 1. The maximum absolute atomic E-state index is 12.2. The molecule has 2 N–H and O–H groups in total. The summed E-state index contributed by atoms with van der Waals surface area (Å²) in [6.45, 7) is 0.470. The Morgan fingerprint density at radius 1 is 1.17 bits per heavy atom. The lowest BCUT2D eigenvalue weighted by Gasteiger charge is -2.10. The van der Waals surface area contributed by atoms with Gasteiger partial charge in [-0.05, 0) is 23.8 Å². The monoisotopic (exact) mass is 350 g/mol. The van der Waals surface area contributed by atoms with Crippen LogP contribution in [0.15, 0.2) is 48.5 Å². The number of aromatic nitrogens is 1. The predicted octanol–water partition coefficient (Wildman–Crippen LogP) is 3.95. The van der Waals surface area contributed by atoms with Gasteiger partial charge in [0.05, 0.1) is 17.6 Å². The second kappa shape index (κ2) is 7.04. The zero-order valence-corrected chi connectivity index (χ0v) is 14.0. The Labute approximate surface area is 145 Å². The molecule has 0 saturated carbocycles. The van der Waals surface area contributed by atoms with Crippen molar-refractivity contribution in [3.05, 3.63) is 64.8 Å². The summed E-state index contributed by atoms with van der Waals surface area (Å²) in [5, 5.41) is 1.21. The maximum atomic E-state index is 12.2. The van der Waals surface area contributed by atoms with Crippen molar-refractivity contribution < 1.29 is 9.53 Å². The van der Waals surface area contributed by atoms with Gasteiger partial charge in [0.15, 0.2) is 5.69 Å². The molecule has 0 aliphatic carbocycles. The first-order valence-corrected chi connectivity index (χ1v) is 7.21. The highest BCUT2D eigenvalue weighted by atomic mass is 35.5. The lowest BCUT2D eigenvalue weighted by Crippen LogP contribution is -2.09. The van der Waals surface area contributed by atoms with E-state index >= 15 is 0 Å². The van der Waals surface area contributed by atoms with Crippen LogP contribution in [0.1, 0.15) is 16.1 Å². The second-order valence-corrected chi connectivity index (χ2v) is 5.26. The molecule has 0 saturated heterocycles. The van der Waals surface area contributed by atoms with Gasteiger partial charge in [0.25, 0.3) is 0 Å². The Morgan fingerprint density at radius 2 is 1.83 bits per heavy atom. The van der Waals surface area contributed by atoms with Crippen molar-refractivity contribution in [1.82, 2.24) is 4.57 Å². The maximum Gasteiger partial charge on any atom is 0.356 e. The summed E-state index contributed by atoms with van der Waals surface area (Å²) in [5.41, 5.74) is 8.66. The molecule has 0 radical (unpaired) electrons. The Morgan fingerprint density at radius 3 is 2.43 bits per heavy atom. The van der Waals surface area contributed by atoms with Gasteiger partial charge in [-0.25, -0.2) is 4.79 Å². The third-order valence-corrected chi connectivity index (χ3v) is 4.00. The Bertz CT molecular complexity index is 842. The molecular weight excluding hydrogens is 335 g/mol. The summed E-state index contributed by atoms with van der Waals surface area (Å²) in [6.07, 6.45) is 0. The van der Waals surface area contributed by atoms with Gasteiger partial charge >= 0.3 is 5.97 Å². The van der Waals surface area contributed by atoms with Crippen LogP contribution in [0.25, 0.3) is 16.6 Å². The van der Waals surface area contributed by atoms with Crippen LogP contribution in [0, 0.1) is 0 Å². The minimum atomic E-state index is -0.468. The molecule has 0 unspecified atom stereocenters. The molecule has 0 fully saturated rings. The number of carbonyl (C=O) groups is 1. The van der Waals surface area contributed by atoms with Crippen molar-refractivity contribution in [2.24, 2.45) is 5.73 Å². The van der Waals surface area contributed by atoms with E-state index in [1.165, 1.54) is 7.11 Å². The molecule has 4 nitrogen and oxygen atoms in total. The van der Waals surface area contributed by atoms with E-state index in [9.17, 15) is 4.79 Å². The van der Waals surface area contributed by atoms with E-state index in [0.29, 0.717) is 17.3 Å². The zero-order valence-electron chi connectivity index (χ0n) is 12.5. The average molecular weight is 351 g/mol. The molecule has 2 aromatic carbocycles. The van der Waals surface area contributed by atoms with Crippen molar-refractivity contribution in [3.8, 4) is 5.69 Å². The largest absolute Gasteiger partial charge is 0.464 e. The fourth-order valence-corrected chi connectivity index (χ4v) is 2.85. The van der Waals surface area contributed by atoms with Crippen LogP contribution >= 0.6 is 24.0 Å². The van der Waals surface area contributed by atoms with E-state index in [2.05, 4.69) is 0 Å². The summed E-state index contributed by atoms with van der Waals surface area (Å²) < 4.78 is 6.70. The summed E-state index contributed by atoms with van der Waals surface area (Å²) in [7, 11) is 1.35. The molecule has 1 heterocycles. The van der Waals surface area contributed by atoms with Crippen LogP contribution in [0.3, 0.4) is 0 Å². The number of hydrogen-bond donors (Lipinski definition) is 1. The number of methoxy groups -OCH3 is 1. The van der Waals surface area contributed by atoms with Gasteiger partial charge in [-0.15, -0.1) is 12.4 Å². The number of halogens is 2. The fraction of sp³-hybridized carbons (Fsp3) is 0.118. The van der Waals surface area contributed by atoms with Gasteiger partial charge in [-0.1, -0.05) is 41.9 Å². The number of rotatable bonds is 3. The molecule has 0 aliphatic rings. The predicted molar refractivity (Wildman–Crippen MR) is 94.8 cm³/mol. The quantitative estimate of drug-likeness (QED) is 0.727. The highest BCUT2D eigenvalue weighted by molar-refractivity contribution is 6.38. The van der Waals surface area contributed by atoms with Crippen LogP contribution < -0.4 is 5.73 Å². The van der Waals surface area contributed by atoms with E-state index in [1.54, 1.807) is 0 Å². The van der Waals surface area contributed by atoms with E-state index in [0.717, 1.165) is 22.2 Å². The normalized spacial score (nSPS) is 10.4. The third kappa shape index (κ3) is 2.93. The summed E-state index contributed by atoms with van der Waals surface area (Å²) in [5.74, 6) is -0.468. The molecule has 6 heteroatoms. The third-order valence-electron chi connectivity index (χ3n) is 3.62. The van der Waals surface area contributed by atoms with Gasteiger partial charge in [-0.2, -0.15) is 0 Å².